The van der Waals surface area contributed by atoms with Crippen molar-refractivity contribution in [3.05, 3.63) is 72.9 Å². The molecule has 2 aromatic carbocycles. The van der Waals surface area contributed by atoms with E-state index in [1.54, 1.807) is 50.4 Å². The first-order chi connectivity index (χ1) is 15.7. The van der Waals surface area contributed by atoms with E-state index in [2.05, 4.69) is 23.1 Å². The molecule has 0 saturated heterocycles. The molecule has 0 saturated carbocycles. The summed E-state index contributed by atoms with van der Waals surface area (Å²) >= 11 is 0. The number of nitrogens with zero attached hydrogens (tertiary/aromatic N) is 1. The van der Waals surface area contributed by atoms with Crippen LogP contribution in [-0.4, -0.2) is 38.8 Å². The van der Waals surface area contributed by atoms with Gasteiger partial charge >= 0.3 is 6.09 Å². The third-order valence-electron chi connectivity index (χ3n) is 5.32. The summed E-state index contributed by atoms with van der Waals surface area (Å²) in [5.74, 6) is 6.03. The average Bonchev–Trinajstić information content (AvgIpc) is 3.09. The molecule has 8 heteroatoms. The van der Waals surface area contributed by atoms with Crippen LogP contribution in [0.4, 0.5) is 10.5 Å². The van der Waals surface area contributed by atoms with Crippen molar-refractivity contribution in [3.63, 3.8) is 0 Å². The fourth-order valence-corrected chi connectivity index (χ4v) is 5.11. The Balaban J connectivity index is 1.78. The summed E-state index contributed by atoms with van der Waals surface area (Å²) < 4.78 is 33.4. The highest BCUT2D eigenvalue weighted by Crippen LogP contribution is 2.42. The molecule has 0 spiro atoms. The first-order valence-corrected chi connectivity index (χ1v) is 11.9. The van der Waals surface area contributed by atoms with Gasteiger partial charge in [0.1, 0.15) is 25.1 Å². The van der Waals surface area contributed by atoms with Gasteiger partial charge in [0.15, 0.2) is 5.69 Å². The molecule has 2 aromatic rings. The number of sulfonamides is 1. The van der Waals surface area contributed by atoms with E-state index in [1.807, 2.05) is 12.1 Å². The van der Waals surface area contributed by atoms with Gasteiger partial charge in [-0.2, -0.15) is 9.28 Å². The largest absolute Gasteiger partial charge is 0.523 e. The average molecular weight is 468 g/mol. The van der Waals surface area contributed by atoms with E-state index in [4.69, 9.17) is 4.74 Å². The van der Waals surface area contributed by atoms with Crippen molar-refractivity contribution in [1.82, 2.24) is 9.21 Å². The first kappa shape index (κ1) is 24.3. The van der Waals surface area contributed by atoms with E-state index >= 15 is 0 Å². The molecule has 0 aromatic heterocycles. The van der Waals surface area contributed by atoms with Crippen LogP contribution < -0.4 is 13.9 Å². The number of ether oxygens (including phenoxy) is 1. The second kappa shape index (κ2) is 10.0. The van der Waals surface area contributed by atoms with Crippen molar-refractivity contribution >= 4 is 27.4 Å². The molecule has 7 nitrogen and oxygen atoms in total. The third-order valence-corrected chi connectivity index (χ3v) is 6.92. The highest BCUT2D eigenvalue weighted by atomic mass is 32.2. The fourth-order valence-electron chi connectivity index (χ4n) is 3.86. The zero-order chi connectivity index (χ0) is 24.1. The zero-order valence-electron chi connectivity index (χ0n) is 18.6. The van der Waals surface area contributed by atoms with Crippen LogP contribution >= 0.6 is 0 Å². The Morgan fingerprint density at radius 2 is 1.94 bits per heavy atom. The van der Waals surface area contributed by atoms with E-state index in [0.29, 0.717) is 17.9 Å². The summed E-state index contributed by atoms with van der Waals surface area (Å²) in [4.78, 5) is 12.3. The molecule has 1 heterocycles. The molecule has 3 rings (SSSR count). The lowest BCUT2D eigenvalue weighted by Gasteiger charge is -2.24. The predicted octanol–water partition coefficient (Wildman–Crippen LogP) is 4.37. The number of carboxylic acid groups (broad SMARTS) is 1. The molecule has 2 atom stereocenters. The maximum Gasteiger partial charge on any atom is 0.523 e. The summed E-state index contributed by atoms with van der Waals surface area (Å²) in [6.45, 7) is 7.59. The van der Waals surface area contributed by atoms with Crippen LogP contribution in [-0.2, 0) is 10.0 Å². The molecule has 1 aliphatic rings. The van der Waals surface area contributed by atoms with Crippen molar-refractivity contribution in [2.24, 2.45) is 0 Å². The summed E-state index contributed by atoms with van der Waals surface area (Å²) in [6, 6.07) is 12.9. The first-order valence-electron chi connectivity index (χ1n) is 10.4. The SMILES string of the molecule is C=CC[N+]1(C(=O)O)C=C(C[C@@H](C)NS(=O)(=O)c2ccc(OCC#CC)cc2)c2ccccc21. The molecule has 0 fully saturated rings. The van der Waals surface area contributed by atoms with Gasteiger partial charge in [0, 0.05) is 23.2 Å². The lowest BCUT2D eigenvalue weighted by atomic mass is 10.0. The highest BCUT2D eigenvalue weighted by molar-refractivity contribution is 7.89. The molecule has 1 aliphatic heterocycles. The summed E-state index contributed by atoms with van der Waals surface area (Å²) in [5, 5.41) is 9.97. The second-order valence-corrected chi connectivity index (χ2v) is 9.42. The van der Waals surface area contributed by atoms with E-state index < -0.39 is 26.6 Å². The number of hydrogen-bond donors (Lipinski definition) is 2. The molecular weight excluding hydrogens is 440 g/mol. The van der Waals surface area contributed by atoms with Crippen molar-refractivity contribution in [1.29, 1.82) is 0 Å². The lowest BCUT2D eigenvalue weighted by Crippen LogP contribution is -2.47. The number of nitrogens with one attached hydrogen (secondary N) is 1. The number of fused-ring (bicyclic) bond motifs is 1. The van der Waals surface area contributed by atoms with Gasteiger partial charge in [0.05, 0.1) is 4.90 Å². The van der Waals surface area contributed by atoms with Crippen LogP contribution in [0.25, 0.3) is 5.57 Å². The third kappa shape index (κ3) is 5.17. The molecule has 0 bridgehead atoms. The Hall–Kier alpha value is -3.38. The molecule has 1 unspecified atom stereocenters. The molecule has 33 heavy (non-hydrogen) atoms. The van der Waals surface area contributed by atoms with Crippen molar-refractivity contribution < 1.29 is 23.1 Å². The van der Waals surface area contributed by atoms with Crippen LogP contribution in [0.1, 0.15) is 25.8 Å². The quantitative estimate of drug-likeness (QED) is 0.325. The van der Waals surface area contributed by atoms with E-state index in [-0.39, 0.29) is 18.0 Å². The maximum absolute atomic E-state index is 12.9. The van der Waals surface area contributed by atoms with Crippen LogP contribution in [0.3, 0.4) is 0 Å². The van der Waals surface area contributed by atoms with Gasteiger partial charge < -0.3 is 9.84 Å². The number of benzene rings is 2. The van der Waals surface area contributed by atoms with Gasteiger partial charge in [-0.15, -0.1) is 5.92 Å². The monoisotopic (exact) mass is 467 g/mol. The number of carbonyl (C=O) groups is 1. The van der Waals surface area contributed by atoms with Gasteiger partial charge in [0.2, 0.25) is 10.0 Å². The van der Waals surface area contributed by atoms with Gasteiger partial charge in [-0.3, -0.25) is 0 Å². The molecule has 0 radical (unpaired) electrons. The number of hydrogen-bond acceptors (Lipinski definition) is 4. The van der Waals surface area contributed by atoms with Gasteiger partial charge in [-0.05, 0) is 56.7 Å². The minimum Gasteiger partial charge on any atom is -0.481 e. The number of rotatable bonds is 9. The van der Waals surface area contributed by atoms with E-state index in [1.165, 1.54) is 12.1 Å². The number of para-hydroxylation sites is 1. The molecule has 1 amide bonds. The topological polar surface area (TPSA) is 92.7 Å². The minimum atomic E-state index is -3.77. The number of amides is 1. The summed E-state index contributed by atoms with van der Waals surface area (Å²) in [7, 11) is -3.77. The van der Waals surface area contributed by atoms with Crippen molar-refractivity contribution in [2.75, 3.05) is 13.2 Å². The van der Waals surface area contributed by atoms with Gasteiger partial charge in [-0.25, -0.2) is 13.1 Å². The Morgan fingerprint density at radius 3 is 2.58 bits per heavy atom. The highest BCUT2D eigenvalue weighted by Gasteiger charge is 2.44. The van der Waals surface area contributed by atoms with E-state index in [0.717, 1.165) is 11.1 Å². The molecule has 172 valence electrons. The van der Waals surface area contributed by atoms with Crippen molar-refractivity contribution in [3.8, 4) is 17.6 Å². The zero-order valence-corrected chi connectivity index (χ0v) is 19.4. The van der Waals surface area contributed by atoms with Gasteiger partial charge in [-0.1, -0.05) is 24.6 Å². The Morgan fingerprint density at radius 1 is 1.24 bits per heavy atom. The maximum atomic E-state index is 12.9. The Kier molecular flexibility index (Phi) is 7.39. The van der Waals surface area contributed by atoms with Crippen molar-refractivity contribution in [2.45, 2.75) is 31.2 Å². The number of quaternary nitrogens is 1. The molecule has 0 aliphatic carbocycles. The summed E-state index contributed by atoms with van der Waals surface area (Å²) in [6.07, 6.45) is 2.55. The normalized spacial score (nSPS) is 17.8. The van der Waals surface area contributed by atoms with E-state index in [9.17, 15) is 18.3 Å². The van der Waals surface area contributed by atoms with Crippen LogP contribution in [0.2, 0.25) is 0 Å². The summed E-state index contributed by atoms with van der Waals surface area (Å²) in [5.41, 5.74) is 2.20. The molecular formula is C25H27N2O5S+. The Bertz CT molecular complexity index is 1240. The van der Waals surface area contributed by atoms with Crippen LogP contribution in [0, 0.1) is 11.8 Å². The standard InChI is InChI=1S/C25H26N2O5S/c1-4-6-16-32-21-11-13-22(14-12-21)33(30,31)26-19(3)17-20-18-27(15-5-2,25(28)29)24-10-8-7-9-23(20)24/h5,7-14,18-19,26H,2,15-17H2,1,3H3/p+1/t19-,27?/m1/s1. The van der Waals surface area contributed by atoms with Crippen LogP contribution in [0.5, 0.6) is 5.75 Å². The Labute approximate surface area is 194 Å². The predicted molar refractivity (Wildman–Crippen MR) is 129 cm³/mol. The van der Waals surface area contributed by atoms with Crippen LogP contribution in [0.15, 0.2) is 72.3 Å². The smallest absolute Gasteiger partial charge is 0.481 e. The fraction of sp³-hybridized carbons (Fsp3) is 0.240. The minimum absolute atomic E-state index is 0.117. The molecule has 2 N–H and O–H groups in total. The van der Waals surface area contributed by atoms with Gasteiger partial charge in [0.25, 0.3) is 0 Å². The lowest BCUT2D eigenvalue weighted by molar-refractivity contribution is 0.168. The second-order valence-electron chi connectivity index (χ2n) is 7.71.